The van der Waals surface area contributed by atoms with Crippen molar-refractivity contribution >= 4 is 23.6 Å². The van der Waals surface area contributed by atoms with Gasteiger partial charge in [0, 0.05) is 18.3 Å². The van der Waals surface area contributed by atoms with E-state index in [2.05, 4.69) is 29.6 Å². The van der Waals surface area contributed by atoms with Gasteiger partial charge in [0.05, 0.1) is 5.75 Å². The summed E-state index contributed by atoms with van der Waals surface area (Å²) in [6.45, 7) is 8.19. The van der Waals surface area contributed by atoms with Gasteiger partial charge < -0.3 is 10.2 Å². The molecule has 0 heterocycles. The van der Waals surface area contributed by atoms with Crippen LogP contribution in [0.1, 0.15) is 50.3 Å². The molecule has 0 bridgehead atoms. The van der Waals surface area contributed by atoms with Crippen molar-refractivity contribution in [2.75, 3.05) is 5.75 Å². The van der Waals surface area contributed by atoms with Gasteiger partial charge in [-0.25, -0.2) is 4.39 Å². The third-order valence-electron chi connectivity index (χ3n) is 5.27. The molecule has 168 valence electrons. The van der Waals surface area contributed by atoms with Crippen molar-refractivity contribution in [1.82, 2.24) is 10.2 Å². The van der Waals surface area contributed by atoms with Gasteiger partial charge in [0.15, 0.2) is 0 Å². The molecule has 0 saturated carbocycles. The van der Waals surface area contributed by atoms with Gasteiger partial charge in [0.1, 0.15) is 11.9 Å². The van der Waals surface area contributed by atoms with E-state index in [1.165, 1.54) is 29.5 Å². The van der Waals surface area contributed by atoms with Crippen molar-refractivity contribution in [2.24, 2.45) is 0 Å². The van der Waals surface area contributed by atoms with E-state index in [-0.39, 0.29) is 36.0 Å². The summed E-state index contributed by atoms with van der Waals surface area (Å²) in [6.07, 6.45) is 1.33. The fourth-order valence-corrected chi connectivity index (χ4v) is 4.04. The van der Waals surface area contributed by atoms with Crippen LogP contribution in [0.5, 0.6) is 0 Å². The second kappa shape index (κ2) is 12.5. The van der Waals surface area contributed by atoms with Crippen molar-refractivity contribution in [3.63, 3.8) is 0 Å². The molecule has 0 radical (unpaired) electrons. The Morgan fingerprint density at radius 3 is 2.19 bits per heavy atom. The molecule has 2 aromatic rings. The van der Waals surface area contributed by atoms with Crippen molar-refractivity contribution in [3.05, 3.63) is 71.0 Å². The van der Waals surface area contributed by atoms with E-state index >= 15 is 0 Å². The monoisotopic (exact) mass is 444 g/mol. The van der Waals surface area contributed by atoms with E-state index in [1.807, 2.05) is 27.7 Å². The topological polar surface area (TPSA) is 49.4 Å². The molecule has 6 heteroatoms. The highest BCUT2D eigenvalue weighted by atomic mass is 32.2. The molecule has 0 aliphatic rings. The van der Waals surface area contributed by atoms with Crippen molar-refractivity contribution in [3.8, 4) is 0 Å². The lowest BCUT2D eigenvalue weighted by Gasteiger charge is -2.31. The molecule has 31 heavy (non-hydrogen) atoms. The van der Waals surface area contributed by atoms with E-state index in [0.29, 0.717) is 6.42 Å². The molecule has 2 amide bonds. The highest BCUT2D eigenvalue weighted by Crippen LogP contribution is 2.18. The molecule has 0 aromatic heterocycles. The van der Waals surface area contributed by atoms with Crippen molar-refractivity contribution < 1.29 is 14.0 Å². The molecule has 2 atom stereocenters. The Morgan fingerprint density at radius 1 is 1.00 bits per heavy atom. The number of carbonyl (C=O) groups excluding carboxylic acids is 2. The van der Waals surface area contributed by atoms with Gasteiger partial charge in [-0.15, -0.1) is 11.8 Å². The van der Waals surface area contributed by atoms with Crippen molar-refractivity contribution in [1.29, 1.82) is 0 Å². The van der Waals surface area contributed by atoms with Gasteiger partial charge in [-0.3, -0.25) is 9.59 Å². The van der Waals surface area contributed by atoms with Crippen LogP contribution in [-0.2, 0) is 21.9 Å². The minimum atomic E-state index is -0.563. The Kier molecular flexibility index (Phi) is 10.0. The number of nitrogens with one attached hydrogen (secondary N) is 1. The fourth-order valence-electron chi connectivity index (χ4n) is 3.17. The van der Waals surface area contributed by atoms with Gasteiger partial charge in [0.2, 0.25) is 11.8 Å². The Balaban J connectivity index is 2.12. The number of nitrogens with zero attached hydrogens (tertiary/aromatic N) is 1. The molecule has 0 aliphatic carbocycles. The number of amides is 2. The first kappa shape index (κ1) is 24.9. The number of hydrogen-bond donors (Lipinski definition) is 1. The van der Waals surface area contributed by atoms with Crippen LogP contribution in [0.3, 0.4) is 0 Å². The smallest absolute Gasteiger partial charge is 0.243 e. The van der Waals surface area contributed by atoms with Crippen LogP contribution in [-0.4, -0.2) is 34.6 Å². The lowest BCUT2D eigenvalue weighted by Crippen LogP contribution is -2.51. The van der Waals surface area contributed by atoms with E-state index in [1.54, 1.807) is 17.0 Å². The molecule has 0 fully saturated rings. The van der Waals surface area contributed by atoms with Crippen LogP contribution >= 0.6 is 11.8 Å². The molecule has 0 spiro atoms. The molecule has 0 unspecified atom stereocenters. The molecule has 4 nitrogen and oxygen atoms in total. The first-order valence-electron chi connectivity index (χ1n) is 10.8. The van der Waals surface area contributed by atoms with E-state index in [9.17, 15) is 14.0 Å². The largest absolute Gasteiger partial charge is 0.352 e. The summed E-state index contributed by atoms with van der Waals surface area (Å²) >= 11 is 1.54. The van der Waals surface area contributed by atoms with Crippen LogP contribution < -0.4 is 5.32 Å². The second-order valence-electron chi connectivity index (χ2n) is 7.87. The quantitative estimate of drug-likeness (QED) is 0.525. The number of carbonyl (C=O) groups is 2. The fraction of sp³-hybridized carbons (Fsp3) is 0.440. The zero-order valence-corrected chi connectivity index (χ0v) is 19.7. The first-order valence-corrected chi connectivity index (χ1v) is 12.0. The second-order valence-corrected chi connectivity index (χ2v) is 8.85. The molecule has 2 aromatic carbocycles. The summed E-state index contributed by atoms with van der Waals surface area (Å²) in [4.78, 5) is 27.7. The van der Waals surface area contributed by atoms with Crippen LogP contribution in [0.25, 0.3) is 0 Å². The minimum absolute atomic E-state index is 0.0419. The minimum Gasteiger partial charge on any atom is -0.352 e. The Labute approximate surface area is 189 Å². The summed E-state index contributed by atoms with van der Waals surface area (Å²) in [5.41, 5.74) is 3.16. The van der Waals surface area contributed by atoms with Gasteiger partial charge in [-0.1, -0.05) is 55.8 Å². The standard InChI is InChI=1S/C25H33FN2O2S/c1-5-19(4)27-25(30)23(6-2)28(15-20-11-13-22(26)14-12-20)24(29)17-31-16-21-9-7-18(3)8-10-21/h7-14,19,23H,5-6,15-17H2,1-4H3,(H,27,30)/t19-,23+/m0/s1. The number of hydrogen-bond acceptors (Lipinski definition) is 3. The maximum Gasteiger partial charge on any atom is 0.243 e. The summed E-state index contributed by atoms with van der Waals surface area (Å²) < 4.78 is 13.3. The molecule has 1 N–H and O–H groups in total. The third kappa shape index (κ3) is 8.02. The Hall–Kier alpha value is -2.34. The summed E-state index contributed by atoms with van der Waals surface area (Å²) in [7, 11) is 0. The molecular weight excluding hydrogens is 411 g/mol. The van der Waals surface area contributed by atoms with Crippen LogP contribution in [0.2, 0.25) is 0 Å². The number of thioether (sulfide) groups is 1. The Morgan fingerprint density at radius 2 is 1.61 bits per heavy atom. The lowest BCUT2D eigenvalue weighted by atomic mass is 10.1. The predicted octanol–water partition coefficient (Wildman–Crippen LogP) is 5.09. The Bertz CT molecular complexity index is 840. The number of aryl methyl sites for hydroxylation is 1. The van der Waals surface area contributed by atoms with Crippen LogP contribution in [0.4, 0.5) is 4.39 Å². The molecule has 2 rings (SSSR count). The average Bonchev–Trinajstić information content (AvgIpc) is 2.76. The van der Waals surface area contributed by atoms with Gasteiger partial charge >= 0.3 is 0 Å². The predicted molar refractivity (Wildman–Crippen MR) is 126 cm³/mol. The zero-order chi connectivity index (χ0) is 22.8. The summed E-state index contributed by atoms with van der Waals surface area (Å²) in [5, 5.41) is 3.00. The van der Waals surface area contributed by atoms with Crippen molar-refractivity contribution in [2.45, 2.75) is 64.9 Å². The molecule has 0 aliphatic heterocycles. The van der Waals surface area contributed by atoms with Gasteiger partial charge in [-0.05, 0) is 49.9 Å². The van der Waals surface area contributed by atoms with Gasteiger partial charge in [0.25, 0.3) is 0 Å². The third-order valence-corrected chi connectivity index (χ3v) is 6.26. The number of benzene rings is 2. The zero-order valence-electron chi connectivity index (χ0n) is 18.9. The maximum atomic E-state index is 13.3. The highest BCUT2D eigenvalue weighted by Gasteiger charge is 2.29. The van der Waals surface area contributed by atoms with Gasteiger partial charge in [-0.2, -0.15) is 0 Å². The SMILES string of the molecule is CC[C@H](C(=O)N[C@@H](C)CC)N(Cc1ccc(F)cc1)C(=O)CSCc1ccc(C)cc1. The van der Waals surface area contributed by atoms with E-state index in [4.69, 9.17) is 0 Å². The number of halogens is 1. The highest BCUT2D eigenvalue weighted by molar-refractivity contribution is 7.99. The lowest BCUT2D eigenvalue weighted by molar-refractivity contribution is -0.139. The maximum absolute atomic E-state index is 13.3. The van der Waals surface area contributed by atoms with Crippen LogP contribution in [0, 0.1) is 12.7 Å². The molecule has 0 saturated heterocycles. The van der Waals surface area contributed by atoms with E-state index < -0.39 is 6.04 Å². The first-order chi connectivity index (χ1) is 14.8. The average molecular weight is 445 g/mol. The molecular formula is C25H33FN2O2S. The normalized spacial score (nSPS) is 12.8. The van der Waals surface area contributed by atoms with E-state index in [0.717, 1.165) is 23.3 Å². The number of rotatable bonds is 11. The van der Waals surface area contributed by atoms with Crippen LogP contribution in [0.15, 0.2) is 48.5 Å². The summed E-state index contributed by atoms with van der Waals surface area (Å²) in [6, 6.07) is 13.8. The summed E-state index contributed by atoms with van der Waals surface area (Å²) in [5.74, 6) is 0.453.